The molecule has 0 aromatic heterocycles. The summed E-state index contributed by atoms with van der Waals surface area (Å²) in [7, 11) is -2.01. The van der Waals surface area contributed by atoms with Gasteiger partial charge in [0, 0.05) is 17.6 Å². The number of benzene rings is 1. The van der Waals surface area contributed by atoms with Gasteiger partial charge in [0.25, 0.3) is 0 Å². The van der Waals surface area contributed by atoms with Crippen LogP contribution in [0.25, 0.3) is 0 Å². The predicted molar refractivity (Wildman–Crippen MR) is 82.5 cm³/mol. The van der Waals surface area contributed by atoms with Gasteiger partial charge in [0.1, 0.15) is 10.6 Å². The van der Waals surface area contributed by atoms with Crippen LogP contribution in [0, 0.1) is 5.41 Å². The first-order valence-electron chi connectivity index (χ1n) is 6.60. The standard InChI is InChI=1S/C14H20BrNO3S/c1-14(2)6-8-16(9-7-14)20(17,18)13-10-11(15)4-5-12(13)19-3/h4-5,10H,6-9H2,1-3H3. The quantitative estimate of drug-likeness (QED) is 0.829. The second-order valence-corrected chi connectivity index (χ2v) is 8.69. The molecule has 0 radical (unpaired) electrons. The Kier molecular flexibility index (Phi) is 4.47. The Morgan fingerprint density at radius 1 is 1.25 bits per heavy atom. The summed E-state index contributed by atoms with van der Waals surface area (Å²) in [6, 6.07) is 5.05. The topological polar surface area (TPSA) is 46.6 Å². The molecule has 1 fully saturated rings. The molecule has 0 aliphatic carbocycles. The van der Waals surface area contributed by atoms with Gasteiger partial charge in [-0.1, -0.05) is 29.8 Å². The third-order valence-electron chi connectivity index (χ3n) is 3.82. The first kappa shape index (κ1) is 15.8. The molecule has 0 bridgehead atoms. The van der Waals surface area contributed by atoms with Gasteiger partial charge in [-0.25, -0.2) is 8.42 Å². The molecule has 1 aromatic rings. The van der Waals surface area contributed by atoms with E-state index < -0.39 is 10.0 Å². The minimum atomic E-state index is -3.50. The van der Waals surface area contributed by atoms with E-state index in [0.717, 1.165) is 17.3 Å². The van der Waals surface area contributed by atoms with Crippen molar-refractivity contribution in [2.45, 2.75) is 31.6 Å². The normalized spacial score (nSPS) is 19.8. The van der Waals surface area contributed by atoms with E-state index in [1.165, 1.54) is 7.11 Å². The van der Waals surface area contributed by atoms with E-state index in [0.29, 0.717) is 18.8 Å². The fraction of sp³-hybridized carbons (Fsp3) is 0.571. The van der Waals surface area contributed by atoms with E-state index in [1.54, 1.807) is 22.5 Å². The van der Waals surface area contributed by atoms with Gasteiger partial charge < -0.3 is 4.74 Å². The molecule has 0 saturated carbocycles. The Balaban J connectivity index is 2.34. The Hall–Kier alpha value is -0.590. The number of ether oxygens (including phenoxy) is 1. The molecule has 1 aliphatic heterocycles. The number of methoxy groups -OCH3 is 1. The lowest BCUT2D eigenvalue weighted by Crippen LogP contribution is -2.41. The summed E-state index contributed by atoms with van der Waals surface area (Å²) in [5.74, 6) is 0.387. The largest absolute Gasteiger partial charge is 0.495 e. The number of hydrogen-bond acceptors (Lipinski definition) is 3. The highest BCUT2D eigenvalue weighted by Crippen LogP contribution is 2.35. The van der Waals surface area contributed by atoms with Gasteiger partial charge in [0.2, 0.25) is 10.0 Å². The first-order valence-corrected chi connectivity index (χ1v) is 8.83. The monoisotopic (exact) mass is 361 g/mol. The highest BCUT2D eigenvalue weighted by molar-refractivity contribution is 9.10. The van der Waals surface area contributed by atoms with Crippen LogP contribution in [0.3, 0.4) is 0 Å². The molecule has 0 atom stereocenters. The number of piperidine rings is 1. The fourth-order valence-electron chi connectivity index (χ4n) is 2.32. The lowest BCUT2D eigenvalue weighted by atomic mass is 9.83. The maximum absolute atomic E-state index is 12.8. The highest BCUT2D eigenvalue weighted by atomic mass is 79.9. The summed E-state index contributed by atoms with van der Waals surface area (Å²) in [5.41, 5.74) is 0.216. The summed E-state index contributed by atoms with van der Waals surface area (Å²) in [6.07, 6.45) is 1.76. The molecular weight excluding hydrogens is 342 g/mol. The van der Waals surface area contributed by atoms with E-state index in [9.17, 15) is 8.42 Å². The highest BCUT2D eigenvalue weighted by Gasteiger charge is 2.34. The molecule has 4 nitrogen and oxygen atoms in total. The zero-order chi connectivity index (χ0) is 15.0. The SMILES string of the molecule is COc1ccc(Br)cc1S(=O)(=O)N1CCC(C)(C)CC1. The second-order valence-electron chi connectivity index (χ2n) is 5.86. The zero-order valence-electron chi connectivity index (χ0n) is 12.0. The number of rotatable bonds is 3. The molecule has 2 rings (SSSR count). The average molecular weight is 362 g/mol. The minimum Gasteiger partial charge on any atom is -0.495 e. The molecule has 112 valence electrons. The summed E-state index contributed by atoms with van der Waals surface area (Å²) in [4.78, 5) is 0.231. The number of halogens is 1. The Morgan fingerprint density at radius 3 is 2.40 bits per heavy atom. The Morgan fingerprint density at radius 2 is 1.85 bits per heavy atom. The van der Waals surface area contributed by atoms with Crippen molar-refractivity contribution in [3.63, 3.8) is 0 Å². The number of hydrogen-bond donors (Lipinski definition) is 0. The second kappa shape index (κ2) is 5.66. The molecule has 1 aromatic carbocycles. The van der Waals surface area contributed by atoms with E-state index in [1.807, 2.05) is 0 Å². The summed E-state index contributed by atoms with van der Waals surface area (Å²) < 4.78 is 33.0. The third-order valence-corrected chi connectivity index (χ3v) is 6.23. The maximum atomic E-state index is 12.8. The van der Waals surface area contributed by atoms with Crippen LogP contribution in [0.4, 0.5) is 0 Å². The van der Waals surface area contributed by atoms with Gasteiger partial charge in [-0.2, -0.15) is 4.31 Å². The van der Waals surface area contributed by atoms with Gasteiger partial charge in [0.15, 0.2) is 0 Å². The van der Waals surface area contributed by atoms with Crippen molar-refractivity contribution in [3.05, 3.63) is 22.7 Å². The molecule has 6 heteroatoms. The zero-order valence-corrected chi connectivity index (χ0v) is 14.4. The van der Waals surface area contributed by atoms with Crippen LogP contribution >= 0.6 is 15.9 Å². The van der Waals surface area contributed by atoms with Gasteiger partial charge in [-0.05, 0) is 36.5 Å². The van der Waals surface area contributed by atoms with E-state index >= 15 is 0 Å². The predicted octanol–water partition coefficient (Wildman–Crippen LogP) is 3.27. The molecule has 1 saturated heterocycles. The van der Waals surface area contributed by atoms with Gasteiger partial charge in [-0.3, -0.25) is 0 Å². The third kappa shape index (κ3) is 3.18. The number of nitrogens with zero attached hydrogens (tertiary/aromatic N) is 1. The first-order chi connectivity index (χ1) is 9.26. The van der Waals surface area contributed by atoms with Gasteiger partial charge in [-0.15, -0.1) is 0 Å². The molecule has 0 amide bonds. The van der Waals surface area contributed by atoms with Crippen LogP contribution in [0.2, 0.25) is 0 Å². The Bertz CT molecular complexity index is 588. The van der Waals surface area contributed by atoms with Crippen LogP contribution in [-0.2, 0) is 10.0 Å². The summed E-state index contributed by atoms with van der Waals surface area (Å²) >= 11 is 3.32. The van der Waals surface area contributed by atoms with Crippen molar-refractivity contribution < 1.29 is 13.2 Å². The molecule has 1 aliphatic rings. The van der Waals surface area contributed by atoms with E-state index in [-0.39, 0.29) is 10.3 Å². The summed E-state index contributed by atoms with van der Waals surface area (Å²) in [5, 5.41) is 0. The van der Waals surface area contributed by atoms with Crippen LogP contribution < -0.4 is 4.74 Å². The van der Waals surface area contributed by atoms with Crippen molar-refractivity contribution in [1.29, 1.82) is 0 Å². The molecular formula is C14H20BrNO3S. The Labute approximate surface area is 129 Å². The number of sulfonamides is 1. The molecule has 0 spiro atoms. The van der Waals surface area contributed by atoms with Gasteiger partial charge >= 0.3 is 0 Å². The van der Waals surface area contributed by atoms with Crippen molar-refractivity contribution in [1.82, 2.24) is 4.31 Å². The fourth-order valence-corrected chi connectivity index (χ4v) is 4.46. The van der Waals surface area contributed by atoms with Crippen LogP contribution in [0.5, 0.6) is 5.75 Å². The molecule has 0 N–H and O–H groups in total. The van der Waals surface area contributed by atoms with E-state index in [2.05, 4.69) is 29.8 Å². The summed E-state index contributed by atoms with van der Waals surface area (Å²) in [6.45, 7) is 5.48. The van der Waals surface area contributed by atoms with Crippen molar-refractivity contribution in [2.24, 2.45) is 5.41 Å². The molecule has 0 unspecified atom stereocenters. The lowest BCUT2D eigenvalue weighted by Gasteiger charge is -2.36. The van der Waals surface area contributed by atoms with Crippen LogP contribution in [-0.4, -0.2) is 32.9 Å². The van der Waals surface area contributed by atoms with Crippen LogP contribution in [0.15, 0.2) is 27.6 Å². The van der Waals surface area contributed by atoms with E-state index in [4.69, 9.17) is 4.74 Å². The molecule has 20 heavy (non-hydrogen) atoms. The molecule has 1 heterocycles. The average Bonchev–Trinajstić information content (AvgIpc) is 2.38. The van der Waals surface area contributed by atoms with Crippen molar-refractivity contribution in [3.8, 4) is 5.75 Å². The van der Waals surface area contributed by atoms with Gasteiger partial charge in [0.05, 0.1) is 7.11 Å². The van der Waals surface area contributed by atoms with Crippen molar-refractivity contribution in [2.75, 3.05) is 20.2 Å². The van der Waals surface area contributed by atoms with Crippen molar-refractivity contribution >= 4 is 26.0 Å². The smallest absolute Gasteiger partial charge is 0.246 e. The lowest BCUT2D eigenvalue weighted by molar-refractivity contribution is 0.195. The van der Waals surface area contributed by atoms with Crippen LogP contribution in [0.1, 0.15) is 26.7 Å². The minimum absolute atomic E-state index is 0.216. The maximum Gasteiger partial charge on any atom is 0.246 e.